The summed E-state index contributed by atoms with van der Waals surface area (Å²) in [6.07, 6.45) is 1.79. The van der Waals surface area contributed by atoms with Crippen molar-refractivity contribution in [3.05, 3.63) is 41.7 Å². The topological polar surface area (TPSA) is 73.1 Å². The molecule has 0 amide bonds. The van der Waals surface area contributed by atoms with E-state index in [9.17, 15) is 0 Å². The molecule has 5 nitrogen and oxygen atoms in total. The third-order valence-corrected chi connectivity index (χ3v) is 3.00. The smallest absolute Gasteiger partial charge is 0.239 e. The van der Waals surface area contributed by atoms with E-state index in [4.69, 9.17) is 10.5 Å². The van der Waals surface area contributed by atoms with E-state index in [1.54, 1.807) is 12.3 Å². The molecular formula is C16H22N4O. The fraction of sp³-hybridized carbons (Fsp3) is 0.375. The first-order valence-corrected chi connectivity index (χ1v) is 7.10. The normalized spacial score (nSPS) is 10.7. The maximum Gasteiger partial charge on any atom is 0.239 e. The van der Waals surface area contributed by atoms with Crippen molar-refractivity contribution in [1.29, 1.82) is 0 Å². The Balaban J connectivity index is 2.03. The van der Waals surface area contributed by atoms with Crippen molar-refractivity contribution in [2.45, 2.75) is 27.3 Å². The summed E-state index contributed by atoms with van der Waals surface area (Å²) in [5.74, 6) is 1.64. The number of aromatic nitrogens is 2. The largest absolute Gasteiger partial charge is 0.476 e. The quantitative estimate of drug-likeness (QED) is 0.854. The van der Waals surface area contributed by atoms with E-state index in [0.29, 0.717) is 30.6 Å². The zero-order chi connectivity index (χ0) is 15.2. The minimum Gasteiger partial charge on any atom is -0.476 e. The molecule has 0 spiro atoms. The molecule has 5 heteroatoms. The van der Waals surface area contributed by atoms with Crippen LogP contribution in [0.2, 0.25) is 0 Å². The first-order chi connectivity index (χ1) is 10.1. The van der Waals surface area contributed by atoms with Crippen LogP contribution in [-0.4, -0.2) is 16.6 Å². The van der Waals surface area contributed by atoms with E-state index in [1.165, 1.54) is 0 Å². The number of pyridine rings is 2. The van der Waals surface area contributed by atoms with Gasteiger partial charge in [0.25, 0.3) is 0 Å². The van der Waals surface area contributed by atoms with Gasteiger partial charge in [0.2, 0.25) is 5.88 Å². The van der Waals surface area contributed by atoms with Crippen molar-refractivity contribution >= 4 is 11.5 Å². The van der Waals surface area contributed by atoms with Gasteiger partial charge in [-0.3, -0.25) is 4.98 Å². The fourth-order valence-electron chi connectivity index (χ4n) is 1.79. The minimum atomic E-state index is 0.430. The highest BCUT2D eigenvalue weighted by molar-refractivity contribution is 5.53. The second-order valence-electron chi connectivity index (χ2n) is 5.42. The summed E-state index contributed by atoms with van der Waals surface area (Å²) >= 11 is 0. The van der Waals surface area contributed by atoms with E-state index in [-0.39, 0.29) is 0 Å². The lowest BCUT2D eigenvalue weighted by molar-refractivity contribution is 0.263. The Morgan fingerprint density at radius 3 is 2.81 bits per heavy atom. The van der Waals surface area contributed by atoms with Crippen molar-refractivity contribution < 1.29 is 4.74 Å². The lowest BCUT2D eigenvalue weighted by atomic mass is 10.2. The third-order valence-electron chi connectivity index (χ3n) is 3.00. The number of nitrogens with zero attached hydrogens (tertiary/aromatic N) is 2. The van der Waals surface area contributed by atoms with Crippen LogP contribution in [0.25, 0.3) is 0 Å². The Morgan fingerprint density at radius 1 is 1.29 bits per heavy atom. The minimum absolute atomic E-state index is 0.430. The number of nitrogens with one attached hydrogen (secondary N) is 1. The van der Waals surface area contributed by atoms with Gasteiger partial charge >= 0.3 is 0 Å². The third kappa shape index (κ3) is 4.34. The molecule has 2 aromatic heterocycles. The molecular weight excluding hydrogens is 264 g/mol. The molecule has 0 aliphatic heterocycles. The molecule has 0 radical (unpaired) electrons. The van der Waals surface area contributed by atoms with E-state index < -0.39 is 0 Å². The summed E-state index contributed by atoms with van der Waals surface area (Å²) in [7, 11) is 0. The second-order valence-corrected chi connectivity index (χ2v) is 5.42. The molecule has 0 saturated carbocycles. The molecule has 0 fully saturated rings. The van der Waals surface area contributed by atoms with Gasteiger partial charge in [-0.25, -0.2) is 0 Å². The number of hydrogen-bond donors (Lipinski definition) is 2. The van der Waals surface area contributed by atoms with Gasteiger partial charge in [-0.2, -0.15) is 4.98 Å². The van der Waals surface area contributed by atoms with Crippen LogP contribution in [0.4, 0.5) is 11.5 Å². The number of nitrogen functional groups attached to an aromatic ring is 1. The molecule has 112 valence electrons. The van der Waals surface area contributed by atoms with Crippen molar-refractivity contribution in [2.75, 3.05) is 17.7 Å². The molecule has 0 saturated heterocycles. The lowest BCUT2D eigenvalue weighted by Crippen LogP contribution is -2.09. The number of anilines is 2. The molecule has 0 aromatic carbocycles. The van der Waals surface area contributed by atoms with Crippen molar-refractivity contribution in [3.63, 3.8) is 0 Å². The summed E-state index contributed by atoms with van der Waals surface area (Å²) in [4.78, 5) is 8.75. The Hall–Kier alpha value is -2.30. The van der Waals surface area contributed by atoms with Gasteiger partial charge in [-0.1, -0.05) is 19.9 Å². The monoisotopic (exact) mass is 286 g/mol. The molecule has 3 N–H and O–H groups in total. The highest BCUT2D eigenvalue weighted by Gasteiger charge is 2.06. The van der Waals surface area contributed by atoms with Crippen LogP contribution in [0.3, 0.4) is 0 Å². The first-order valence-electron chi connectivity index (χ1n) is 7.10. The van der Waals surface area contributed by atoms with Gasteiger partial charge in [0.05, 0.1) is 24.5 Å². The number of ether oxygens (including phenoxy) is 1. The second kappa shape index (κ2) is 6.92. The molecule has 0 atom stereocenters. The average Bonchev–Trinajstić information content (AvgIpc) is 2.46. The average molecular weight is 286 g/mol. The van der Waals surface area contributed by atoms with Crippen LogP contribution in [-0.2, 0) is 6.54 Å². The zero-order valence-electron chi connectivity index (χ0n) is 12.8. The molecule has 0 aliphatic rings. The van der Waals surface area contributed by atoms with Gasteiger partial charge in [0.15, 0.2) is 0 Å². The van der Waals surface area contributed by atoms with Gasteiger partial charge in [-0.05, 0) is 36.6 Å². The number of aryl methyl sites for hydroxylation is 1. The first kappa shape index (κ1) is 15.1. The highest BCUT2D eigenvalue weighted by atomic mass is 16.5. The van der Waals surface area contributed by atoms with Gasteiger partial charge in [0, 0.05) is 6.20 Å². The van der Waals surface area contributed by atoms with Crippen LogP contribution in [0.5, 0.6) is 5.88 Å². The van der Waals surface area contributed by atoms with E-state index in [2.05, 4.69) is 29.1 Å². The van der Waals surface area contributed by atoms with Crippen LogP contribution in [0.1, 0.15) is 25.1 Å². The fourth-order valence-corrected chi connectivity index (χ4v) is 1.79. The Morgan fingerprint density at radius 2 is 2.10 bits per heavy atom. The molecule has 2 heterocycles. The van der Waals surface area contributed by atoms with Crippen molar-refractivity contribution in [2.24, 2.45) is 5.92 Å². The van der Waals surface area contributed by atoms with E-state index in [0.717, 1.165) is 17.1 Å². The highest BCUT2D eigenvalue weighted by Crippen LogP contribution is 2.21. The summed E-state index contributed by atoms with van der Waals surface area (Å²) in [5, 5.41) is 3.25. The number of rotatable bonds is 6. The summed E-state index contributed by atoms with van der Waals surface area (Å²) < 4.78 is 5.62. The summed E-state index contributed by atoms with van der Waals surface area (Å²) in [6.45, 7) is 7.43. The zero-order valence-corrected chi connectivity index (χ0v) is 12.8. The van der Waals surface area contributed by atoms with E-state index >= 15 is 0 Å². The molecule has 0 bridgehead atoms. The van der Waals surface area contributed by atoms with Crippen LogP contribution >= 0.6 is 0 Å². The molecule has 0 unspecified atom stereocenters. The van der Waals surface area contributed by atoms with Gasteiger partial charge < -0.3 is 15.8 Å². The molecule has 2 rings (SSSR count). The molecule has 0 aliphatic carbocycles. The van der Waals surface area contributed by atoms with E-state index in [1.807, 2.05) is 25.1 Å². The standard InChI is InChI=1S/C16H22N4O/c1-11(2)10-21-16-13(17)6-7-15(20-16)19-9-14-12(3)5-4-8-18-14/h4-8,11H,9-10,17H2,1-3H3,(H,19,20). The summed E-state index contributed by atoms with van der Waals surface area (Å²) in [6, 6.07) is 7.61. The number of hydrogen-bond acceptors (Lipinski definition) is 5. The van der Waals surface area contributed by atoms with Crippen molar-refractivity contribution in [1.82, 2.24) is 9.97 Å². The predicted octanol–water partition coefficient (Wildman–Crippen LogP) is 3.01. The van der Waals surface area contributed by atoms with Gasteiger partial charge in [-0.15, -0.1) is 0 Å². The van der Waals surface area contributed by atoms with Crippen LogP contribution < -0.4 is 15.8 Å². The van der Waals surface area contributed by atoms with Crippen LogP contribution in [0, 0.1) is 12.8 Å². The lowest BCUT2D eigenvalue weighted by Gasteiger charge is -2.12. The maximum absolute atomic E-state index is 5.88. The molecule has 2 aromatic rings. The predicted molar refractivity (Wildman–Crippen MR) is 85.3 cm³/mol. The number of nitrogens with two attached hydrogens (primary N) is 1. The maximum atomic E-state index is 5.88. The Labute approximate surface area is 125 Å². The molecule has 21 heavy (non-hydrogen) atoms. The Kier molecular flexibility index (Phi) is 4.98. The SMILES string of the molecule is Cc1cccnc1CNc1ccc(N)c(OCC(C)C)n1. The van der Waals surface area contributed by atoms with Gasteiger partial charge in [0.1, 0.15) is 5.82 Å². The van der Waals surface area contributed by atoms with Crippen LogP contribution in [0.15, 0.2) is 30.5 Å². The Bertz CT molecular complexity index is 599. The summed E-state index contributed by atoms with van der Waals surface area (Å²) in [5.41, 5.74) is 8.58. The van der Waals surface area contributed by atoms with Crippen molar-refractivity contribution in [3.8, 4) is 5.88 Å².